The van der Waals surface area contributed by atoms with Crippen LogP contribution in [0.4, 0.5) is 4.39 Å². The summed E-state index contributed by atoms with van der Waals surface area (Å²) >= 11 is 0. The smallest absolute Gasteiger partial charge is 0.272 e. The third-order valence-corrected chi connectivity index (χ3v) is 3.88. The third-order valence-electron chi connectivity index (χ3n) is 3.88. The molecule has 3 rings (SSSR count). The van der Waals surface area contributed by atoms with E-state index in [1.807, 2.05) is 28.8 Å². The molecule has 3 aromatic rings. The molecular weight excluding hydrogens is 319 g/mol. The Labute approximate surface area is 145 Å². The van der Waals surface area contributed by atoms with Crippen LogP contribution in [0.3, 0.4) is 0 Å². The summed E-state index contributed by atoms with van der Waals surface area (Å²) < 4.78 is 15.0. The summed E-state index contributed by atoms with van der Waals surface area (Å²) in [7, 11) is 0. The Morgan fingerprint density at radius 3 is 2.68 bits per heavy atom. The third kappa shape index (κ3) is 3.85. The van der Waals surface area contributed by atoms with Crippen LogP contribution in [0.5, 0.6) is 0 Å². The standard InChI is InChI=1S/C19H21FN4O/c1-2-10-21-11-12-22-19(25)17-16-5-3-4-13-24(16)18(23-17)14-6-8-15(20)9-7-14/h3-9,13,21H,2,10-12H2,1H3,(H,22,25). The number of nitrogens with zero attached hydrogens (tertiary/aromatic N) is 2. The van der Waals surface area contributed by atoms with Crippen molar-refractivity contribution >= 4 is 11.4 Å². The molecule has 2 aromatic heterocycles. The number of carbonyl (C=O) groups is 1. The summed E-state index contributed by atoms with van der Waals surface area (Å²) in [6.45, 7) is 4.28. The molecule has 0 aliphatic heterocycles. The lowest BCUT2D eigenvalue weighted by molar-refractivity contribution is 0.0951. The summed E-state index contributed by atoms with van der Waals surface area (Å²) in [6.07, 6.45) is 2.90. The van der Waals surface area contributed by atoms with Crippen LogP contribution in [0.1, 0.15) is 23.8 Å². The van der Waals surface area contributed by atoms with E-state index in [9.17, 15) is 9.18 Å². The van der Waals surface area contributed by atoms with Gasteiger partial charge >= 0.3 is 0 Å². The molecule has 2 heterocycles. The second-order valence-electron chi connectivity index (χ2n) is 5.75. The summed E-state index contributed by atoms with van der Waals surface area (Å²) in [6, 6.07) is 11.7. The highest BCUT2D eigenvalue weighted by Crippen LogP contribution is 2.23. The van der Waals surface area contributed by atoms with Crippen LogP contribution in [0, 0.1) is 5.82 Å². The molecule has 0 aliphatic carbocycles. The molecule has 1 amide bonds. The fraction of sp³-hybridized carbons (Fsp3) is 0.263. The van der Waals surface area contributed by atoms with E-state index in [0.29, 0.717) is 18.1 Å². The average molecular weight is 340 g/mol. The van der Waals surface area contributed by atoms with Gasteiger partial charge in [-0.3, -0.25) is 9.20 Å². The highest BCUT2D eigenvalue weighted by atomic mass is 19.1. The maximum absolute atomic E-state index is 13.2. The number of amides is 1. The number of rotatable bonds is 7. The number of carbonyl (C=O) groups excluding carboxylic acids is 1. The molecule has 5 nitrogen and oxygen atoms in total. The van der Waals surface area contributed by atoms with E-state index in [1.165, 1.54) is 12.1 Å². The molecule has 0 radical (unpaired) electrons. The molecule has 25 heavy (non-hydrogen) atoms. The molecule has 0 spiro atoms. The number of hydrogen-bond acceptors (Lipinski definition) is 3. The van der Waals surface area contributed by atoms with Crippen LogP contribution >= 0.6 is 0 Å². The minimum absolute atomic E-state index is 0.213. The van der Waals surface area contributed by atoms with E-state index in [-0.39, 0.29) is 11.7 Å². The van der Waals surface area contributed by atoms with Gasteiger partial charge in [-0.25, -0.2) is 9.37 Å². The van der Waals surface area contributed by atoms with Gasteiger partial charge in [0.25, 0.3) is 5.91 Å². The molecular formula is C19H21FN4O. The normalized spacial score (nSPS) is 11.0. The number of halogens is 1. The van der Waals surface area contributed by atoms with E-state index in [2.05, 4.69) is 22.5 Å². The minimum Gasteiger partial charge on any atom is -0.349 e. The Kier molecular flexibility index (Phi) is 5.40. The summed E-state index contributed by atoms with van der Waals surface area (Å²) in [4.78, 5) is 17.0. The quantitative estimate of drug-likeness (QED) is 0.650. The first kappa shape index (κ1) is 17.1. The van der Waals surface area contributed by atoms with E-state index < -0.39 is 0 Å². The summed E-state index contributed by atoms with van der Waals surface area (Å²) in [5.41, 5.74) is 1.85. The van der Waals surface area contributed by atoms with Crippen LogP contribution in [-0.4, -0.2) is 34.9 Å². The maximum atomic E-state index is 13.2. The number of pyridine rings is 1. The highest BCUT2D eigenvalue weighted by molar-refractivity contribution is 6.00. The van der Waals surface area contributed by atoms with Gasteiger partial charge in [0.1, 0.15) is 11.6 Å². The van der Waals surface area contributed by atoms with Crippen molar-refractivity contribution in [1.82, 2.24) is 20.0 Å². The van der Waals surface area contributed by atoms with Gasteiger partial charge in [0.05, 0.1) is 5.52 Å². The molecule has 2 N–H and O–H groups in total. The first-order valence-corrected chi connectivity index (χ1v) is 8.42. The van der Waals surface area contributed by atoms with Crippen LogP contribution in [0.25, 0.3) is 16.9 Å². The van der Waals surface area contributed by atoms with E-state index >= 15 is 0 Å². The largest absolute Gasteiger partial charge is 0.349 e. The van der Waals surface area contributed by atoms with E-state index in [4.69, 9.17) is 0 Å². The molecule has 0 fully saturated rings. The second kappa shape index (κ2) is 7.90. The Bertz CT molecular complexity index is 857. The zero-order valence-corrected chi connectivity index (χ0v) is 14.1. The maximum Gasteiger partial charge on any atom is 0.272 e. The fourth-order valence-corrected chi connectivity index (χ4v) is 2.66. The van der Waals surface area contributed by atoms with Gasteiger partial charge in [-0.15, -0.1) is 0 Å². The van der Waals surface area contributed by atoms with Crippen molar-refractivity contribution in [2.45, 2.75) is 13.3 Å². The van der Waals surface area contributed by atoms with Crippen molar-refractivity contribution in [3.63, 3.8) is 0 Å². The van der Waals surface area contributed by atoms with Gasteiger partial charge in [-0.1, -0.05) is 13.0 Å². The van der Waals surface area contributed by atoms with Gasteiger partial charge in [0, 0.05) is 24.8 Å². The second-order valence-corrected chi connectivity index (χ2v) is 5.75. The van der Waals surface area contributed by atoms with Gasteiger partial charge < -0.3 is 10.6 Å². The fourth-order valence-electron chi connectivity index (χ4n) is 2.66. The first-order valence-electron chi connectivity index (χ1n) is 8.42. The minimum atomic E-state index is -0.304. The number of fused-ring (bicyclic) bond motifs is 1. The topological polar surface area (TPSA) is 58.4 Å². The zero-order valence-electron chi connectivity index (χ0n) is 14.1. The number of benzene rings is 1. The first-order chi connectivity index (χ1) is 12.2. The molecule has 0 aliphatic rings. The summed E-state index contributed by atoms with van der Waals surface area (Å²) in [5, 5.41) is 6.13. The molecule has 1 aromatic carbocycles. The monoisotopic (exact) mass is 340 g/mol. The van der Waals surface area contributed by atoms with Crippen LogP contribution in [-0.2, 0) is 0 Å². The molecule has 0 saturated carbocycles. The van der Waals surface area contributed by atoms with Gasteiger partial charge in [0.2, 0.25) is 0 Å². The van der Waals surface area contributed by atoms with Gasteiger partial charge in [0.15, 0.2) is 5.69 Å². The Hall–Kier alpha value is -2.73. The van der Waals surface area contributed by atoms with Crippen molar-refractivity contribution < 1.29 is 9.18 Å². The van der Waals surface area contributed by atoms with Crippen molar-refractivity contribution in [1.29, 1.82) is 0 Å². The molecule has 130 valence electrons. The number of hydrogen-bond donors (Lipinski definition) is 2. The number of imidazole rings is 1. The lowest BCUT2D eigenvalue weighted by Gasteiger charge is -2.04. The molecule has 0 atom stereocenters. The Morgan fingerprint density at radius 2 is 1.92 bits per heavy atom. The zero-order chi connectivity index (χ0) is 17.6. The van der Waals surface area contributed by atoms with E-state index in [0.717, 1.165) is 30.6 Å². The number of nitrogens with one attached hydrogen (secondary N) is 2. The molecule has 0 saturated heterocycles. The van der Waals surface area contributed by atoms with Crippen molar-refractivity contribution in [3.8, 4) is 11.4 Å². The van der Waals surface area contributed by atoms with E-state index in [1.54, 1.807) is 12.1 Å². The van der Waals surface area contributed by atoms with Crippen LogP contribution in [0.2, 0.25) is 0 Å². The molecule has 0 bridgehead atoms. The lowest BCUT2D eigenvalue weighted by atomic mass is 10.2. The summed E-state index contributed by atoms with van der Waals surface area (Å²) in [5.74, 6) is 0.0994. The number of aromatic nitrogens is 2. The average Bonchev–Trinajstić information content (AvgIpc) is 3.02. The predicted molar refractivity (Wildman–Crippen MR) is 96.1 cm³/mol. The van der Waals surface area contributed by atoms with Crippen molar-refractivity contribution in [3.05, 3.63) is 60.2 Å². The lowest BCUT2D eigenvalue weighted by Crippen LogP contribution is -2.32. The Balaban J connectivity index is 1.86. The molecule has 0 unspecified atom stereocenters. The van der Waals surface area contributed by atoms with Crippen molar-refractivity contribution in [2.75, 3.05) is 19.6 Å². The molecule has 6 heteroatoms. The van der Waals surface area contributed by atoms with Gasteiger partial charge in [-0.2, -0.15) is 0 Å². The van der Waals surface area contributed by atoms with Gasteiger partial charge in [-0.05, 0) is 49.4 Å². The van der Waals surface area contributed by atoms with Crippen LogP contribution < -0.4 is 10.6 Å². The SMILES string of the molecule is CCCNCCNC(=O)c1nc(-c2ccc(F)cc2)n2ccccc12. The highest BCUT2D eigenvalue weighted by Gasteiger charge is 2.17. The predicted octanol–water partition coefficient (Wildman–Crippen LogP) is 2.87. The van der Waals surface area contributed by atoms with Crippen LogP contribution in [0.15, 0.2) is 48.7 Å². The Morgan fingerprint density at radius 1 is 1.12 bits per heavy atom. The van der Waals surface area contributed by atoms with Crippen molar-refractivity contribution in [2.24, 2.45) is 0 Å².